The van der Waals surface area contributed by atoms with Crippen molar-refractivity contribution in [1.29, 1.82) is 0 Å². The van der Waals surface area contributed by atoms with Crippen LogP contribution in [-0.2, 0) is 9.53 Å². The molecule has 0 aliphatic rings. The normalized spacial score (nSPS) is 10.3. The van der Waals surface area contributed by atoms with E-state index in [1.807, 2.05) is 0 Å². The van der Waals surface area contributed by atoms with Crippen LogP contribution >= 0.6 is 0 Å². The molecule has 8 heteroatoms. The molecule has 7 nitrogen and oxygen atoms in total. The molecule has 0 heterocycles. The SMILES string of the molecule is COCCN(CC(=O)O)c1cc(C)c(F)cc1[N+](=O)[O-]. The first kappa shape index (κ1) is 15.8. The van der Waals surface area contributed by atoms with E-state index in [1.54, 1.807) is 0 Å². The maximum Gasteiger partial charge on any atom is 0.323 e. The Labute approximate surface area is 114 Å². The molecular formula is C12H15FN2O5. The second-order valence-electron chi connectivity index (χ2n) is 4.16. The summed E-state index contributed by atoms with van der Waals surface area (Å²) in [5.74, 6) is -1.85. The van der Waals surface area contributed by atoms with Crippen molar-refractivity contribution in [3.05, 3.63) is 33.6 Å². The summed E-state index contributed by atoms with van der Waals surface area (Å²) in [6.07, 6.45) is 0. The Hall–Kier alpha value is -2.22. The summed E-state index contributed by atoms with van der Waals surface area (Å²) in [6.45, 7) is 1.36. The molecule has 1 rings (SSSR count). The first-order valence-corrected chi connectivity index (χ1v) is 5.77. The zero-order chi connectivity index (χ0) is 15.3. The average Bonchev–Trinajstić information content (AvgIpc) is 2.36. The van der Waals surface area contributed by atoms with Crippen LogP contribution in [0, 0.1) is 22.9 Å². The number of benzene rings is 1. The van der Waals surface area contributed by atoms with Crippen LogP contribution in [0.3, 0.4) is 0 Å². The van der Waals surface area contributed by atoms with Gasteiger partial charge in [0.15, 0.2) is 0 Å². The minimum atomic E-state index is -1.14. The lowest BCUT2D eigenvalue weighted by Gasteiger charge is -2.22. The summed E-state index contributed by atoms with van der Waals surface area (Å²) in [5, 5.41) is 19.9. The Morgan fingerprint density at radius 2 is 2.20 bits per heavy atom. The summed E-state index contributed by atoms with van der Waals surface area (Å²) >= 11 is 0. The zero-order valence-corrected chi connectivity index (χ0v) is 11.1. The molecule has 1 aromatic carbocycles. The van der Waals surface area contributed by atoms with E-state index < -0.39 is 28.9 Å². The van der Waals surface area contributed by atoms with Crippen molar-refractivity contribution in [3.63, 3.8) is 0 Å². The Morgan fingerprint density at radius 1 is 1.55 bits per heavy atom. The van der Waals surface area contributed by atoms with E-state index in [0.29, 0.717) is 0 Å². The van der Waals surface area contributed by atoms with Gasteiger partial charge in [-0.25, -0.2) is 4.39 Å². The maximum absolute atomic E-state index is 13.4. The van der Waals surface area contributed by atoms with E-state index >= 15 is 0 Å². The smallest absolute Gasteiger partial charge is 0.323 e. The Kier molecular flexibility index (Phi) is 5.39. The molecule has 0 bridgehead atoms. The largest absolute Gasteiger partial charge is 0.480 e. The lowest BCUT2D eigenvalue weighted by Crippen LogP contribution is -2.33. The van der Waals surface area contributed by atoms with E-state index in [1.165, 1.54) is 25.0 Å². The molecule has 0 aromatic heterocycles. The molecule has 0 unspecified atom stereocenters. The van der Waals surface area contributed by atoms with Gasteiger partial charge in [0.1, 0.15) is 18.0 Å². The molecule has 20 heavy (non-hydrogen) atoms. The highest BCUT2D eigenvalue weighted by Crippen LogP contribution is 2.30. The summed E-state index contributed by atoms with van der Waals surface area (Å²) < 4.78 is 18.3. The van der Waals surface area contributed by atoms with Crippen LogP contribution in [0.5, 0.6) is 0 Å². The van der Waals surface area contributed by atoms with Gasteiger partial charge in [0.2, 0.25) is 0 Å². The van der Waals surface area contributed by atoms with Gasteiger partial charge < -0.3 is 14.7 Å². The molecule has 0 saturated heterocycles. The van der Waals surface area contributed by atoms with Crippen LogP contribution in [0.4, 0.5) is 15.8 Å². The van der Waals surface area contributed by atoms with Gasteiger partial charge in [0.05, 0.1) is 17.6 Å². The predicted molar refractivity (Wildman–Crippen MR) is 69.5 cm³/mol. The first-order chi connectivity index (χ1) is 9.36. The summed E-state index contributed by atoms with van der Waals surface area (Å²) in [7, 11) is 1.43. The van der Waals surface area contributed by atoms with Crippen molar-refractivity contribution in [2.24, 2.45) is 0 Å². The van der Waals surface area contributed by atoms with Gasteiger partial charge >= 0.3 is 5.97 Å². The molecule has 0 atom stereocenters. The third-order valence-corrected chi connectivity index (χ3v) is 2.68. The van der Waals surface area contributed by atoms with Crippen molar-refractivity contribution in [1.82, 2.24) is 0 Å². The van der Waals surface area contributed by atoms with Crippen molar-refractivity contribution < 1.29 is 24.0 Å². The van der Waals surface area contributed by atoms with Crippen LogP contribution in [0.25, 0.3) is 0 Å². The second kappa shape index (κ2) is 6.80. The fraction of sp³-hybridized carbons (Fsp3) is 0.417. The number of methoxy groups -OCH3 is 1. The lowest BCUT2D eigenvalue weighted by atomic mass is 10.1. The molecule has 110 valence electrons. The minimum absolute atomic E-state index is 0.0633. The van der Waals surface area contributed by atoms with E-state index in [0.717, 1.165) is 6.07 Å². The summed E-state index contributed by atoms with van der Waals surface area (Å²) in [6, 6.07) is 2.07. The highest BCUT2D eigenvalue weighted by atomic mass is 19.1. The quantitative estimate of drug-likeness (QED) is 0.604. The molecule has 0 aliphatic heterocycles. The number of anilines is 1. The number of halogens is 1. The molecule has 1 aromatic rings. The molecule has 0 radical (unpaired) electrons. The van der Waals surface area contributed by atoms with Crippen molar-refractivity contribution >= 4 is 17.3 Å². The van der Waals surface area contributed by atoms with E-state index in [2.05, 4.69) is 0 Å². The van der Waals surface area contributed by atoms with Crippen LogP contribution in [0.15, 0.2) is 12.1 Å². The number of ether oxygens (including phenoxy) is 1. The van der Waals surface area contributed by atoms with Crippen LogP contribution < -0.4 is 4.90 Å². The highest BCUT2D eigenvalue weighted by molar-refractivity contribution is 5.76. The van der Waals surface area contributed by atoms with Gasteiger partial charge in [-0.2, -0.15) is 0 Å². The number of carboxylic acids is 1. The third-order valence-electron chi connectivity index (χ3n) is 2.68. The monoisotopic (exact) mass is 286 g/mol. The van der Waals surface area contributed by atoms with E-state index in [-0.39, 0.29) is 24.4 Å². The number of aryl methyl sites for hydroxylation is 1. The topological polar surface area (TPSA) is 92.9 Å². The second-order valence-corrected chi connectivity index (χ2v) is 4.16. The zero-order valence-electron chi connectivity index (χ0n) is 11.1. The molecule has 0 aliphatic carbocycles. The van der Waals surface area contributed by atoms with Crippen LogP contribution in [0.1, 0.15) is 5.56 Å². The fourth-order valence-electron chi connectivity index (χ4n) is 1.70. The van der Waals surface area contributed by atoms with Gasteiger partial charge in [-0.05, 0) is 18.6 Å². The average molecular weight is 286 g/mol. The number of hydrogen-bond acceptors (Lipinski definition) is 5. The number of hydrogen-bond donors (Lipinski definition) is 1. The predicted octanol–water partition coefficient (Wildman–Crippen LogP) is 1.58. The van der Waals surface area contributed by atoms with Gasteiger partial charge in [-0.3, -0.25) is 14.9 Å². The van der Waals surface area contributed by atoms with Crippen molar-refractivity contribution in [2.45, 2.75) is 6.92 Å². The third kappa shape index (κ3) is 3.89. The van der Waals surface area contributed by atoms with Gasteiger partial charge in [-0.1, -0.05) is 0 Å². The first-order valence-electron chi connectivity index (χ1n) is 5.77. The maximum atomic E-state index is 13.4. The number of aliphatic carboxylic acids is 1. The number of rotatable bonds is 7. The standard InChI is InChI=1S/C12H15FN2O5/c1-8-5-10(11(15(18)19)6-9(8)13)14(3-4-20-2)7-12(16)17/h5-6H,3-4,7H2,1-2H3,(H,16,17). The van der Waals surface area contributed by atoms with Crippen molar-refractivity contribution in [3.8, 4) is 0 Å². The number of carbonyl (C=O) groups is 1. The minimum Gasteiger partial charge on any atom is -0.480 e. The van der Waals surface area contributed by atoms with Crippen LogP contribution in [0.2, 0.25) is 0 Å². The van der Waals surface area contributed by atoms with Gasteiger partial charge in [0.25, 0.3) is 5.69 Å². The number of nitro benzene ring substituents is 1. The Bertz CT molecular complexity index is 521. The number of carboxylic acid groups (broad SMARTS) is 1. The Morgan fingerprint density at radius 3 is 2.70 bits per heavy atom. The van der Waals surface area contributed by atoms with Crippen LogP contribution in [-0.4, -0.2) is 42.8 Å². The molecule has 0 saturated carbocycles. The molecule has 0 fully saturated rings. The molecule has 1 N–H and O–H groups in total. The van der Waals surface area contributed by atoms with Gasteiger partial charge in [0, 0.05) is 13.7 Å². The summed E-state index contributed by atoms with van der Waals surface area (Å²) in [4.78, 5) is 22.4. The van der Waals surface area contributed by atoms with E-state index in [4.69, 9.17) is 9.84 Å². The van der Waals surface area contributed by atoms with Crippen molar-refractivity contribution in [2.75, 3.05) is 31.7 Å². The number of nitrogens with zero attached hydrogens (tertiary/aromatic N) is 2. The Balaban J connectivity index is 3.25. The number of nitro groups is 1. The molecule has 0 amide bonds. The molecule has 0 spiro atoms. The highest BCUT2D eigenvalue weighted by Gasteiger charge is 2.23. The molecular weight excluding hydrogens is 271 g/mol. The summed E-state index contributed by atoms with van der Waals surface area (Å²) in [5.41, 5.74) is -0.197. The fourth-order valence-corrected chi connectivity index (χ4v) is 1.70. The van der Waals surface area contributed by atoms with Gasteiger partial charge in [-0.15, -0.1) is 0 Å². The van der Waals surface area contributed by atoms with E-state index in [9.17, 15) is 19.3 Å². The lowest BCUT2D eigenvalue weighted by molar-refractivity contribution is -0.384.